The van der Waals surface area contributed by atoms with Crippen molar-refractivity contribution in [3.05, 3.63) is 0 Å². The third kappa shape index (κ3) is 3.55. The van der Waals surface area contributed by atoms with Crippen molar-refractivity contribution in [2.45, 2.75) is 65.3 Å². The van der Waals surface area contributed by atoms with E-state index in [0.29, 0.717) is 25.3 Å². The van der Waals surface area contributed by atoms with Gasteiger partial charge < -0.3 is 4.90 Å². The number of hydrogen-bond donors (Lipinski definition) is 0. The van der Waals surface area contributed by atoms with Crippen LogP contribution < -0.4 is 0 Å². The zero-order valence-corrected chi connectivity index (χ0v) is 11.6. The summed E-state index contributed by atoms with van der Waals surface area (Å²) in [4.78, 5) is 25.4. The third-order valence-electron chi connectivity index (χ3n) is 3.64. The molecule has 1 aliphatic heterocycles. The van der Waals surface area contributed by atoms with E-state index in [1.54, 1.807) is 4.90 Å². The predicted molar refractivity (Wildman–Crippen MR) is 68.7 cm³/mol. The molecular formula is C14H25NO2. The first-order valence-corrected chi connectivity index (χ1v) is 6.69. The Morgan fingerprint density at radius 2 is 2.00 bits per heavy atom. The van der Waals surface area contributed by atoms with E-state index in [0.717, 1.165) is 12.8 Å². The summed E-state index contributed by atoms with van der Waals surface area (Å²) in [6, 6.07) is 0. The fourth-order valence-corrected chi connectivity index (χ4v) is 2.35. The van der Waals surface area contributed by atoms with E-state index in [1.165, 1.54) is 6.42 Å². The van der Waals surface area contributed by atoms with E-state index < -0.39 is 5.54 Å². The highest BCUT2D eigenvalue weighted by Gasteiger charge is 2.42. The molecule has 1 fully saturated rings. The normalized spacial score (nSPS) is 19.1. The van der Waals surface area contributed by atoms with E-state index in [1.807, 2.05) is 13.8 Å². The van der Waals surface area contributed by atoms with Gasteiger partial charge >= 0.3 is 0 Å². The molecule has 1 heterocycles. The number of nitrogens with zero attached hydrogens (tertiary/aromatic N) is 1. The van der Waals surface area contributed by atoms with Crippen molar-refractivity contribution in [2.24, 2.45) is 5.92 Å². The molecule has 1 aliphatic rings. The number of hydrogen-bond acceptors (Lipinski definition) is 2. The van der Waals surface area contributed by atoms with Crippen molar-refractivity contribution in [1.29, 1.82) is 0 Å². The van der Waals surface area contributed by atoms with Crippen LogP contribution in [0.2, 0.25) is 0 Å². The van der Waals surface area contributed by atoms with Crippen molar-refractivity contribution < 1.29 is 9.59 Å². The largest absolute Gasteiger partial charge is 0.330 e. The monoisotopic (exact) mass is 239 g/mol. The number of Topliss-reactive ketones (excluding diaryl/α,β-unsaturated/α-hetero) is 1. The third-order valence-corrected chi connectivity index (χ3v) is 3.64. The molecule has 17 heavy (non-hydrogen) atoms. The highest BCUT2D eigenvalue weighted by atomic mass is 16.2. The van der Waals surface area contributed by atoms with Gasteiger partial charge in [0, 0.05) is 19.4 Å². The first kappa shape index (κ1) is 14.2. The maximum atomic E-state index is 12.0. The Morgan fingerprint density at radius 3 is 2.47 bits per heavy atom. The summed E-state index contributed by atoms with van der Waals surface area (Å²) < 4.78 is 0. The molecule has 1 saturated heterocycles. The highest BCUT2D eigenvalue weighted by Crippen LogP contribution is 2.26. The highest BCUT2D eigenvalue weighted by molar-refractivity contribution is 5.95. The molecule has 0 unspecified atom stereocenters. The van der Waals surface area contributed by atoms with Crippen molar-refractivity contribution in [2.75, 3.05) is 6.54 Å². The predicted octanol–water partition coefficient (Wildman–Crippen LogP) is 2.78. The Kier molecular flexibility index (Phi) is 4.72. The van der Waals surface area contributed by atoms with Crippen LogP contribution >= 0.6 is 0 Å². The van der Waals surface area contributed by atoms with Crippen molar-refractivity contribution in [1.82, 2.24) is 4.90 Å². The van der Waals surface area contributed by atoms with E-state index >= 15 is 0 Å². The van der Waals surface area contributed by atoms with Gasteiger partial charge in [0.2, 0.25) is 5.91 Å². The van der Waals surface area contributed by atoms with Crippen LogP contribution in [-0.2, 0) is 9.59 Å². The summed E-state index contributed by atoms with van der Waals surface area (Å²) in [5.41, 5.74) is -0.574. The SMILES string of the molecule is CC(C)CCCCC(=O)N1CCC(=O)C1(C)C. The van der Waals surface area contributed by atoms with Gasteiger partial charge in [0.25, 0.3) is 0 Å². The molecule has 0 aromatic rings. The average Bonchev–Trinajstić information content (AvgIpc) is 2.48. The van der Waals surface area contributed by atoms with E-state index in [4.69, 9.17) is 0 Å². The maximum absolute atomic E-state index is 12.0. The molecule has 0 aliphatic carbocycles. The molecular weight excluding hydrogens is 214 g/mol. The van der Waals surface area contributed by atoms with Gasteiger partial charge in [0.1, 0.15) is 0 Å². The van der Waals surface area contributed by atoms with Crippen molar-refractivity contribution in [3.63, 3.8) is 0 Å². The Morgan fingerprint density at radius 1 is 1.35 bits per heavy atom. The fraction of sp³-hybridized carbons (Fsp3) is 0.857. The lowest BCUT2D eigenvalue weighted by Crippen LogP contribution is -2.46. The second-order valence-electron chi connectivity index (χ2n) is 5.92. The van der Waals surface area contributed by atoms with Crippen LogP contribution in [0.5, 0.6) is 0 Å². The molecule has 0 atom stereocenters. The molecule has 3 nitrogen and oxygen atoms in total. The van der Waals surface area contributed by atoms with E-state index in [2.05, 4.69) is 13.8 Å². The van der Waals surface area contributed by atoms with Crippen LogP contribution in [-0.4, -0.2) is 28.7 Å². The quantitative estimate of drug-likeness (QED) is 0.692. The number of rotatable bonds is 5. The first-order chi connectivity index (χ1) is 7.85. The number of likely N-dealkylation sites (tertiary alicyclic amines) is 1. The first-order valence-electron chi connectivity index (χ1n) is 6.69. The summed E-state index contributed by atoms with van der Waals surface area (Å²) in [5, 5.41) is 0. The molecule has 0 aromatic carbocycles. The lowest BCUT2D eigenvalue weighted by atomic mass is 9.99. The number of ketones is 1. The van der Waals surface area contributed by atoms with Gasteiger partial charge in [0.15, 0.2) is 5.78 Å². The number of carbonyl (C=O) groups is 2. The van der Waals surface area contributed by atoms with Crippen LogP contribution in [0.1, 0.15) is 59.8 Å². The summed E-state index contributed by atoms with van der Waals surface area (Å²) in [7, 11) is 0. The number of carbonyl (C=O) groups excluding carboxylic acids is 2. The molecule has 0 radical (unpaired) electrons. The molecule has 1 rings (SSSR count). The topological polar surface area (TPSA) is 37.4 Å². The molecule has 0 aromatic heterocycles. The van der Waals surface area contributed by atoms with Crippen LogP contribution in [0.3, 0.4) is 0 Å². The fourth-order valence-electron chi connectivity index (χ4n) is 2.35. The van der Waals surface area contributed by atoms with Gasteiger partial charge in [-0.25, -0.2) is 0 Å². The molecule has 0 bridgehead atoms. The van der Waals surface area contributed by atoms with Crippen LogP contribution in [0.25, 0.3) is 0 Å². The van der Waals surface area contributed by atoms with Gasteiger partial charge in [0.05, 0.1) is 5.54 Å². The smallest absolute Gasteiger partial charge is 0.223 e. The Hall–Kier alpha value is -0.860. The second-order valence-corrected chi connectivity index (χ2v) is 5.92. The lowest BCUT2D eigenvalue weighted by molar-refractivity contribution is -0.138. The van der Waals surface area contributed by atoms with E-state index in [9.17, 15) is 9.59 Å². The average molecular weight is 239 g/mol. The number of amides is 1. The zero-order chi connectivity index (χ0) is 13.1. The zero-order valence-electron chi connectivity index (χ0n) is 11.6. The molecule has 3 heteroatoms. The Labute approximate surface area is 105 Å². The van der Waals surface area contributed by atoms with Gasteiger partial charge in [-0.05, 0) is 26.2 Å². The van der Waals surface area contributed by atoms with Crippen LogP contribution in [0.4, 0.5) is 0 Å². The Bertz CT molecular complexity index is 295. The second kappa shape index (κ2) is 5.65. The Balaban J connectivity index is 2.36. The van der Waals surface area contributed by atoms with Gasteiger partial charge in [-0.1, -0.05) is 26.7 Å². The molecule has 1 amide bonds. The molecule has 0 N–H and O–H groups in total. The summed E-state index contributed by atoms with van der Waals surface area (Å²) in [5.74, 6) is 1.03. The van der Waals surface area contributed by atoms with Gasteiger partial charge in [-0.2, -0.15) is 0 Å². The van der Waals surface area contributed by atoms with Crippen molar-refractivity contribution >= 4 is 11.7 Å². The van der Waals surface area contributed by atoms with Crippen LogP contribution in [0.15, 0.2) is 0 Å². The molecule has 0 spiro atoms. The maximum Gasteiger partial charge on any atom is 0.223 e. The molecule has 98 valence electrons. The van der Waals surface area contributed by atoms with E-state index in [-0.39, 0.29) is 11.7 Å². The minimum absolute atomic E-state index is 0.143. The lowest BCUT2D eigenvalue weighted by Gasteiger charge is -2.30. The van der Waals surface area contributed by atoms with Crippen molar-refractivity contribution in [3.8, 4) is 0 Å². The summed E-state index contributed by atoms with van der Waals surface area (Å²) >= 11 is 0. The van der Waals surface area contributed by atoms with Gasteiger partial charge in [-0.15, -0.1) is 0 Å². The minimum Gasteiger partial charge on any atom is -0.330 e. The van der Waals surface area contributed by atoms with Gasteiger partial charge in [-0.3, -0.25) is 9.59 Å². The standard InChI is InChI=1S/C14H25NO2/c1-11(2)7-5-6-8-13(17)15-10-9-12(16)14(15,3)4/h11H,5-10H2,1-4H3. The summed E-state index contributed by atoms with van der Waals surface area (Å²) in [6.45, 7) is 8.71. The minimum atomic E-state index is -0.574. The number of unbranched alkanes of at least 4 members (excludes halogenated alkanes) is 1. The molecule has 0 saturated carbocycles. The van der Waals surface area contributed by atoms with Crippen LogP contribution in [0, 0.1) is 5.92 Å². The summed E-state index contributed by atoms with van der Waals surface area (Å²) in [6.07, 6.45) is 4.33.